The summed E-state index contributed by atoms with van der Waals surface area (Å²) >= 11 is 0. The van der Waals surface area contributed by atoms with E-state index in [1.807, 2.05) is 18.5 Å². The molecule has 2 aliphatic heterocycles. The highest BCUT2D eigenvalue weighted by atomic mass is 16.5. The maximum absolute atomic E-state index is 6.12. The van der Waals surface area contributed by atoms with E-state index in [0.717, 1.165) is 25.3 Å². The molecule has 0 aliphatic carbocycles. The normalized spacial score (nSPS) is 22.4. The third-order valence-corrected chi connectivity index (χ3v) is 6.11. The lowest BCUT2D eigenvalue weighted by Crippen LogP contribution is -2.44. The van der Waals surface area contributed by atoms with Crippen molar-refractivity contribution in [2.24, 2.45) is 5.92 Å². The topological polar surface area (TPSA) is 28.6 Å². The highest BCUT2D eigenvalue weighted by Gasteiger charge is 2.25. The van der Waals surface area contributed by atoms with Gasteiger partial charge in [0.25, 0.3) is 0 Å². The Kier molecular flexibility index (Phi) is 7.09. The van der Waals surface area contributed by atoms with Gasteiger partial charge in [-0.05, 0) is 55.3 Å². The van der Waals surface area contributed by atoms with Crippen molar-refractivity contribution in [3.05, 3.63) is 66.0 Å². The van der Waals surface area contributed by atoms with Crippen LogP contribution in [0.1, 0.15) is 36.8 Å². The predicted octanol–water partition coefficient (Wildman–Crippen LogP) is 3.97. The molecule has 0 saturated carbocycles. The van der Waals surface area contributed by atoms with Gasteiger partial charge in [0.15, 0.2) is 0 Å². The second-order valence-electron chi connectivity index (χ2n) is 8.40. The second kappa shape index (κ2) is 10.1. The molecule has 3 heterocycles. The van der Waals surface area contributed by atoms with Crippen molar-refractivity contribution >= 4 is 0 Å². The van der Waals surface area contributed by atoms with E-state index in [1.165, 1.54) is 56.7 Å². The van der Waals surface area contributed by atoms with Gasteiger partial charge >= 0.3 is 0 Å². The molecule has 4 nitrogen and oxygen atoms in total. The highest BCUT2D eigenvalue weighted by Crippen LogP contribution is 2.22. The van der Waals surface area contributed by atoms with E-state index in [2.05, 4.69) is 51.2 Å². The first kappa shape index (κ1) is 19.6. The fourth-order valence-electron chi connectivity index (χ4n) is 4.61. The lowest BCUT2D eigenvalue weighted by atomic mass is 9.95. The van der Waals surface area contributed by atoms with Crippen molar-refractivity contribution < 1.29 is 4.74 Å². The van der Waals surface area contributed by atoms with Crippen LogP contribution < -0.4 is 0 Å². The number of pyridine rings is 1. The van der Waals surface area contributed by atoms with Crippen molar-refractivity contribution in [1.29, 1.82) is 0 Å². The molecular formula is C24H33N3O. The van der Waals surface area contributed by atoms with E-state index in [4.69, 9.17) is 4.74 Å². The van der Waals surface area contributed by atoms with Crippen LogP contribution in [-0.2, 0) is 17.9 Å². The molecule has 2 aliphatic rings. The van der Waals surface area contributed by atoms with Gasteiger partial charge in [-0.1, -0.05) is 36.4 Å². The van der Waals surface area contributed by atoms with Gasteiger partial charge in [0.05, 0.1) is 12.7 Å². The summed E-state index contributed by atoms with van der Waals surface area (Å²) in [6, 6.07) is 15.0. The second-order valence-corrected chi connectivity index (χ2v) is 8.40. The molecule has 2 saturated heterocycles. The Morgan fingerprint density at radius 1 is 0.893 bits per heavy atom. The van der Waals surface area contributed by atoms with Crippen molar-refractivity contribution in [2.75, 3.05) is 32.7 Å². The average Bonchev–Trinajstić information content (AvgIpc) is 2.75. The van der Waals surface area contributed by atoms with E-state index in [0.29, 0.717) is 12.7 Å². The number of hydrogen-bond donors (Lipinski definition) is 0. The maximum atomic E-state index is 6.12. The first-order valence-corrected chi connectivity index (χ1v) is 10.8. The van der Waals surface area contributed by atoms with Crippen LogP contribution in [0.2, 0.25) is 0 Å². The Labute approximate surface area is 169 Å². The summed E-state index contributed by atoms with van der Waals surface area (Å²) in [5, 5.41) is 0. The number of piperidine rings is 2. The molecule has 1 atom stereocenters. The van der Waals surface area contributed by atoms with Gasteiger partial charge in [-0.25, -0.2) is 0 Å². The minimum atomic E-state index is 0.400. The smallest absolute Gasteiger partial charge is 0.0735 e. The lowest BCUT2D eigenvalue weighted by Gasteiger charge is -2.38. The maximum Gasteiger partial charge on any atom is 0.0735 e. The Morgan fingerprint density at radius 3 is 2.50 bits per heavy atom. The fourth-order valence-corrected chi connectivity index (χ4v) is 4.61. The minimum absolute atomic E-state index is 0.400. The molecule has 0 radical (unpaired) electrons. The largest absolute Gasteiger partial charge is 0.373 e. The summed E-state index contributed by atoms with van der Waals surface area (Å²) in [5.74, 6) is 0.810. The molecular weight excluding hydrogens is 346 g/mol. The van der Waals surface area contributed by atoms with Gasteiger partial charge in [-0.15, -0.1) is 0 Å². The third-order valence-electron chi connectivity index (χ3n) is 6.11. The molecule has 0 spiro atoms. The molecule has 0 bridgehead atoms. The SMILES string of the molecule is c1ccc(CN2CCCC(CN3CCC(OCc4cccnc4)CC3)C2)cc1. The minimum Gasteiger partial charge on any atom is -0.373 e. The molecule has 28 heavy (non-hydrogen) atoms. The van der Waals surface area contributed by atoms with Gasteiger partial charge in [0.2, 0.25) is 0 Å². The molecule has 0 N–H and O–H groups in total. The van der Waals surface area contributed by atoms with Crippen LogP contribution in [0.4, 0.5) is 0 Å². The molecule has 1 aromatic heterocycles. The van der Waals surface area contributed by atoms with Crippen LogP contribution in [0.25, 0.3) is 0 Å². The lowest BCUT2D eigenvalue weighted by molar-refractivity contribution is -0.00769. The molecule has 4 heteroatoms. The van der Waals surface area contributed by atoms with Crippen molar-refractivity contribution in [1.82, 2.24) is 14.8 Å². The molecule has 2 aromatic rings. The summed E-state index contributed by atoms with van der Waals surface area (Å²) in [5.41, 5.74) is 2.61. The van der Waals surface area contributed by atoms with Crippen molar-refractivity contribution in [3.8, 4) is 0 Å². The number of ether oxygens (including phenoxy) is 1. The van der Waals surface area contributed by atoms with Gasteiger partial charge in [-0.3, -0.25) is 9.88 Å². The summed E-state index contributed by atoms with van der Waals surface area (Å²) < 4.78 is 6.12. The Balaban J connectivity index is 1.17. The van der Waals surface area contributed by atoms with Crippen LogP contribution in [-0.4, -0.2) is 53.6 Å². The summed E-state index contributed by atoms with van der Waals surface area (Å²) in [4.78, 5) is 9.48. The van der Waals surface area contributed by atoms with Crippen LogP contribution in [0, 0.1) is 5.92 Å². The molecule has 1 aromatic carbocycles. The number of rotatable bonds is 7. The van der Waals surface area contributed by atoms with Crippen molar-refractivity contribution in [2.45, 2.75) is 44.9 Å². The molecule has 2 fully saturated rings. The van der Waals surface area contributed by atoms with Crippen molar-refractivity contribution in [3.63, 3.8) is 0 Å². The Bertz CT molecular complexity index is 686. The number of benzene rings is 1. The number of hydrogen-bond acceptors (Lipinski definition) is 4. The van der Waals surface area contributed by atoms with E-state index in [9.17, 15) is 0 Å². The molecule has 0 amide bonds. The van der Waals surface area contributed by atoms with E-state index in [1.54, 1.807) is 0 Å². The zero-order valence-electron chi connectivity index (χ0n) is 16.9. The number of aromatic nitrogens is 1. The zero-order chi connectivity index (χ0) is 19.0. The Hall–Kier alpha value is -1.75. The Morgan fingerprint density at radius 2 is 1.71 bits per heavy atom. The first-order chi connectivity index (χ1) is 13.8. The van der Waals surface area contributed by atoms with Crippen LogP contribution in [0.5, 0.6) is 0 Å². The number of likely N-dealkylation sites (tertiary alicyclic amines) is 2. The quantitative estimate of drug-likeness (QED) is 0.728. The van der Waals surface area contributed by atoms with Gasteiger partial charge in [0, 0.05) is 45.1 Å². The zero-order valence-corrected chi connectivity index (χ0v) is 16.9. The van der Waals surface area contributed by atoms with Crippen LogP contribution in [0.15, 0.2) is 54.9 Å². The van der Waals surface area contributed by atoms with E-state index >= 15 is 0 Å². The predicted molar refractivity (Wildman–Crippen MR) is 113 cm³/mol. The van der Waals surface area contributed by atoms with Crippen LogP contribution >= 0.6 is 0 Å². The summed E-state index contributed by atoms with van der Waals surface area (Å²) in [6.07, 6.45) is 9.14. The first-order valence-electron chi connectivity index (χ1n) is 10.8. The third kappa shape index (κ3) is 5.87. The number of nitrogens with zero attached hydrogens (tertiary/aromatic N) is 3. The van der Waals surface area contributed by atoms with Crippen LogP contribution in [0.3, 0.4) is 0 Å². The summed E-state index contributed by atoms with van der Waals surface area (Å²) in [6.45, 7) is 7.87. The fraction of sp³-hybridized carbons (Fsp3) is 0.542. The molecule has 4 rings (SSSR count). The molecule has 1 unspecified atom stereocenters. The highest BCUT2D eigenvalue weighted by molar-refractivity contribution is 5.14. The monoisotopic (exact) mass is 379 g/mol. The average molecular weight is 380 g/mol. The summed E-state index contributed by atoms with van der Waals surface area (Å²) in [7, 11) is 0. The van der Waals surface area contributed by atoms with E-state index in [-0.39, 0.29) is 0 Å². The van der Waals surface area contributed by atoms with Gasteiger partial charge < -0.3 is 9.64 Å². The van der Waals surface area contributed by atoms with Gasteiger partial charge in [0.1, 0.15) is 0 Å². The van der Waals surface area contributed by atoms with Gasteiger partial charge in [-0.2, -0.15) is 0 Å². The molecule has 150 valence electrons. The standard InChI is InChI=1S/C24H33N3O/c1-2-6-21(7-3-1)17-27-13-5-9-23(19-27)18-26-14-10-24(11-15-26)28-20-22-8-4-12-25-16-22/h1-4,6-8,12,16,23-24H,5,9-11,13-15,17-20H2. The van der Waals surface area contributed by atoms with E-state index < -0.39 is 0 Å².